The van der Waals surface area contributed by atoms with Crippen LogP contribution >= 0.6 is 0 Å². The normalized spacial score (nSPS) is 17.4. The van der Waals surface area contributed by atoms with Gasteiger partial charge in [-0.25, -0.2) is 13.9 Å². The molecule has 0 aliphatic heterocycles. The number of ether oxygens (including phenoxy) is 2. The molecule has 8 heteroatoms. The SMILES string of the molecule is COC(=O)C(C1=C([O-])CCCC1=O)C(C(=O)OC)n1cc[n+](C)c1. The number of aryl methyl sites for hydroxylation is 1. The average Bonchev–Trinajstić information content (AvgIpc) is 2.98. The first-order chi connectivity index (χ1) is 11.4. The van der Waals surface area contributed by atoms with Crippen LogP contribution in [0.5, 0.6) is 0 Å². The molecule has 0 saturated carbocycles. The van der Waals surface area contributed by atoms with Crippen LogP contribution in [-0.4, -0.2) is 36.5 Å². The summed E-state index contributed by atoms with van der Waals surface area (Å²) in [4.78, 5) is 37.0. The summed E-state index contributed by atoms with van der Waals surface area (Å²) in [5.74, 6) is -3.74. The molecule has 2 rings (SSSR count). The Kier molecular flexibility index (Phi) is 5.38. The molecule has 0 bridgehead atoms. The van der Waals surface area contributed by atoms with Crippen LogP contribution in [0.2, 0.25) is 0 Å². The van der Waals surface area contributed by atoms with Gasteiger partial charge in [-0.3, -0.25) is 9.59 Å². The van der Waals surface area contributed by atoms with Gasteiger partial charge in [-0.05, 0) is 12.8 Å². The third kappa shape index (κ3) is 3.32. The first-order valence-corrected chi connectivity index (χ1v) is 7.52. The number of rotatable bonds is 5. The Bertz CT molecular complexity index is 690. The second kappa shape index (κ2) is 7.29. The number of carbonyl (C=O) groups excluding carboxylic acids is 3. The van der Waals surface area contributed by atoms with Crippen molar-refractivity contribution in [1.82, 2.24) is 4.57 Å². The van der Waals surface area contributed by atoms with Gasteiger partial charge in [-0.2, -0.15) is 0 Å². The first-order valence-electron chi connectivity index (χ1n) is 7.52. The number of hydrogen-bond donors (Lipinski definition) is 0. The predicted molar refractivity (Wildman–Crippen MR) is 78.1 cm³/mol. The Morgan fingerprint density at radius 1 is 1.25 bits per heavy atom. The molecule has 130 valence electrons. The lowest BCUT2D eigenvalue weighted by Crippen LogP contribution is -2.39. The smallest absolute Gasteiger partial charge is 0.352 e. The van der Waals surface area contributed by atoms with Crippen LogP contribution in [0.1, 0.15) is 25.3 Å². The van der Waals surface area contributed by atoms with Crippen molar-refractivity contribution in [2.75, 3.05) is 14.2 Å². The highest BCUT2D eigenvalue weighted by atomic mass is 16.5. The molecule has 0 saturated heterocycles. The van der Waals surface area contributed by atoms with Gasteiger partial charge in [0.05, 0.1) is 21.3 Å². The quantitative estimate of drug-likeness (QED) is 0.514. The molecular formula is C16H20N2O6. The molecule has 1 heterocycles. The molecule has 1 aliphatic rings. The minimum Gasteiger partial charge on any atom is -0.875 e. The lowest BCUT2D eigenvalue weighted by atomic mass is 9.82. The summed E-state index contributed by atoms with van der Waals surface area (Å²) in [6.45, 7) is 0. The van der Waals surface area contributed by atoms with E-state index in [0.717, 1.165) is 7.11 Å². The highest BCUT2D eigenvalue weighted by molar-refractivity contribution is 6.03. The van der Waals surface area contributed by atoms with Crippen LogP contribution in [0, 0.1) is 5.92 Å². The van der Waals surface area contributed by atoms with E-state index in [0.29, 0.717) is 6.42 Å². The number of allylic oxidation sites excluding steroid dienone is 1. The third-order valence-corrected chi connectivity index (χ3v) is 4.04. The molecule has 0 aromatic carbocycles. The number of esters is 2. The Balaban J connectivity index is 2.60. The summed E-state index contributed by atoms with van der Waals surface area (Å²) in [6, 6.07) is -1.19. The molecular weight excluding hydrogens is 316 g/mol. The van der Waals surface area contributed by atoms with Crippen molar-refractivity contribution in [2.24, 2.45) is 13.0 Å². The van der Waals surface area contributed by atoms with Gasteiger partial charge in [-0.15, -0.1) is 5.76 Å². The maximum atomic E-state index is 12.4. The highest BCUT2D eigenvalue weighted by Crippen LogP contribution is 2.33. The molecule has 2 unspecified atom stereocenters. The number of hydrogen-bond acceptors (Lipinski definition) is 6. The second-order valence-electron chi connectivity index (χ2n) is 5.61. The summed E-state index contributed by atoms with van der Waals surface area (Å²) in [7, 11) is 4.07. The van der Waals surface area contributed by atoms with Gasteiger partial charge in [-0.1, -0.05) is 0 Å². The van der Waals surface area contributed by atoms with E-state index in [1.807, 2.05) is 0 Å². The Hall–Kier alpha value is -2.64. The zero-order valence-corrected chi connectivity index (χ0v) is 13.9. The van der Waals surface area contributed by atoms with Gasteiger partial charge >= 0.3 is 11.9 Å². The standard InChI is InChI=1S/C16H20N2O6/c1-17-7-8-18(9-17)14(16(22)24-3)13(15(21)23-2)12-10(19)5-4-6-11(12)20/h7-9,13-14H,4-6H2,1-3H3. The van der Waals surface area contributed by atoms with E-state index in [1.165, 1.54) is 11.7 Å². The summed E-state index contributed by atoms with van der Waals surface area (Å²) in [5.41, 5.74) is -0.181. The topological polar surface area (TPSA) is 102 Å². The van der Waals surface area contributed by atoms with Crippen LogP contribution in [0.25, 0.3) is 0 Å². The summed E-state index contributed by atoms with van der Waals surface area (Å²) < 4.78 is 12.7. The van der Waals surface area contributed by atoms with Crippen LogP contribution in [-0.2, 0) is 30.9 Å². The number of carbonyl (C=O) groups is 3. The van der Waals surface area contributed by atoms with Crippen molar-refractivity contribution in [3.8, 4) is 0 Å². The number of imidazole rings is 1. The average molecular weight is 336 g/mol. The minimum atomic E-state index is -1.34. The Morgan fingerprint density at radius 3 is 2.42 bits per heavy atom. The van der Waals surface area contributed by atoms with Crippen LogP contribution < -0.4 is 9.67 Å². The predicted octanol–water partition coefficient (Wildman–Crippen LogP) is -0.817. The highest BCUT2D eigenvalue weighted by Gasteiger charge is 2.45. The van der Waals surface area contributed by atoms with Gasteiger partial charge in [0.2, 0.25) is 12.4 Å². The monoisotopic (exact) mass is 336 g/mol. The van der Waals surface area contributed by atoms with Crippen molar-refractivity contribution in [3.63, 3.8) is 0 Å². The molecule has 1 aliphatic carbocycles. The van der Waals surface area contributed by atoms with Gasteiger partial charge in [0.15, 0.2) is 5.78 Å². The largest absolute Gasteiger partial charge is 0.875 e. The molecule has 2 atom stereocenters. The zero-order chi connectivity index (χ0) is 17.9. The maximum Gasteiger partial charge on any atom is 0.352 e. The van der Waals surface area contributed by atoms with Crippen molar-refractivity contribution >= 4 is 17.7 Å². The molecule has 24 heavy (non-hydrogen) atoms. The summed E-state index contributed by atoms with van der Waals surface area (Å²) in [6.07, 6.45) is 5.57. The van der Waals surface area contributed by atoms with Crippen molar-refractivity contribution in [1.29, 1.82) is 0 Å². The fraction of sp³-hybridized carbons (Fsp3) is 0.500. The number of nitrogens with zero attached hydrogens (tertiary/aromatic N) is 2. The van der Waals surface area contributed by atoms with Crippen LogP contribution in [0.15, 0.2) is 30.1 Å². The van der Waals surface area contributed by atoms with Gasteiger partial charge in [0, 0.05) is 12.0 Å². The molecule has 0 fully saturated rings. The zero-order valence-electron chi connectivity index (χ0n) is 13.9. The summed E-state index contributed by atoms with van der Waals surface area (Å²) >= 11 is 0. The molecule has 0 N–H and O–H groups in total. The third-order valence-electron chi connectivity index (χ3n) is 4.04. The fourth-order valence-electron chi connectivity index (χ4n) is 2.90. The minimum absolute atomic E-state index is 0.169. The van der Waals surface area contributed by atoms with Gasteiger partial charge < -0.3 is 14.6 Å². The Labute approximate surface area is 139 Å². The fourth-order valence-corrected chi connectivity index (χ4v) is 2.90. The molecule has 1 aromatic rings. The lowest BCUT2D eigenvalue weighted by Gasteiger charge is -2.30. The molecule has 1 aromatic heterocycles. The van der Waals surface area contributed by atoms with E-state index in [2.05, 4.69) is 0 Å². The van der Waals surface area contributed by atoms with Gasteiger partial charge in [0.25, 0.3) is 0 Å². The van der Waals surface area contributed by atoms with Crippen molar-refractivity contribution < 1.29 is 33.5 Å². The van der Waals surface area contributed by atoms with E-state index in [9.17, 15) is 19.5 Å². The lowest BCUT2D eigenvalue weighted by molar-refractivity contribution is -0.671. The molecule has 0 amide bonds. The molecule has 0 radical (unpaired) electrons. The van der Waals surface area contributed by atoms with Gasteiger partial charge in [0.1, 0.15) is 18.3 Å². The van der Waals surface area contributed by atoms with E-state index in [-0.39, 0.29) is 18.4 Å². The van der Waals surface area contributed by atoms with Crippen molar-refractivity contribution in [2.45, 2.75) is 25.3 Å². The molecule has 8 nitrogen and oxygen atoms in total. The first kappa shape index (κ1) is 17.7. The van der Waals surface area contributed by atoms with E-state index in [4.69, 9.17) is 9.47 Å². The van der Waals surface area contributed by atoms with E-state index in [1.54, 1.807) is 30.3 Å². The number of methoxy groups -OCH3 is 2. The number of ketones is 1. The van der Waals surface area contributed by atoms with Crippen LogP contribution in [0.3, 0.4) is 0 Å². The summed E-state index contributed by atoms with van der Waals surface area (Å²) in [5, 5.41) is 12.3. The van der Waals surface area contributed by atoms with E-state index >= 15 is 0 Å². The number of Topliss-reactive ketones (excluding diaryl/α,β-unsaturated/α-hetero) is 1. The maximum absolute atomic E-state index is 12.4. The number of aromatic nitrogens is 2. The second-order valence-corrected chi connectivity index (χ2v) is 5.61. The van der Waals surface area contributed by atoms with E-state index < -0.39 is 35.4 Å². The van der Waals surface area contributed by atoms with Crippen LogP contribution in [0.4, 0.5) is 0 Å². The Morgan fingerprint density at radius 2 is 1.92 bits per heavy atom. The molecule has 0 spiro atoms. The van der Waals surface area contributed by atoms with Crippen molar-refractivity contribution in [3.05, 3.63) is 30.1 Å².